The summed E-state index contributed by atoms with van der Waals surface area (Å²) >= 11 is 0. The number of nitrogens with one attached hydrogen (secondary N) is 1. The lowest BCUT2D eigenvalue weighted by atomic mass is 9.95. The van der Waals surface area contributed by atoms with E-state index in [1.54, 1.807) is 75.4 Å². The number of methoxy groups -OCH3 is 5. The molecule has 0 aliphatic rings. The van der Waals surface area contributed by atoms with Crippen LogP contribution in [0.1, 0.15) is 31.3 Å². The highest BCUT2D eigenvalue weighted by atomic mass is 16.6. The fraction of sp³-hybridized carbons (Fsp3) is 0.281. The Morgan fingerprint density at radius 2 is 1.40 bits per heavy atom. The van der Waals surface area contributed by atoms with Crippen molar-refractivity contribution in [3.63, 3.8) is 0 Å². The zero-order valence-electron chi connectivity index (χ0n) is 25.3. The van der Waals surface area contributed by atoms with E-state index in [-0.39, 0.29) is 5.69 Å². The van der Waals surface area contributed by atoms with Crippen LogP contribution in [0.15, 0.2) is 59.4 Å². The van der Waals surface area contributed by atoms with Crippen molar-refractivity contribution in [3.05, 3.63) is 70.6 Å². The van der Waals surface area contributed by atoms with E-state index >= 15 is 0 Å². The van der Waals surface area contributed by atoms with Crippen molar-refractivity contribution in [1.82, 2.24) is 4.57 Å². The first kappa shape index (κ1) is 30.8. The van der Waals surface area contributed by atoms with Gasteiger partial charge in [-0.15, -0.1) is 0 Å². The van der Waals surface area contributed by atoms with Crippen molar-refractivity contribution in [2.24, 2.45) is 0 Å². The Bertz CT molecular complexity index is 1710. The second kappa shape index (κ2) is 12.4. The number of hydrogen-bond donors (Lipinski definition) is 1. The van der Waals surface area contributed by atoms with Crippen LogP contribution in [0.25, 0.3) is 27.6 Å². The first-order chi connectivity index (χ1) is 20.5. The summed E-state index contributed by atoms with van der Waals surface area (Å²) in [7, 11) is 7.20. The lowest BCUT2D eigenvalue weighted by Gasteiger charge is -2.21. The van der Waals surface area contributed by atoms with Gasteiger partial charge in [0, 0.05) is 27.7 Å². The first-order valence-electron chi connectivity index (χ1n) is 13.2. The summed E-state index contributed by atoms with van der Waals surface area (Å²) in [4.78, 5) is 39.9. The van der Waals surface area contributed by atoms with Crippen LogP contribution in [0.3, 0.4) is 0 Å². The SMILES string of the molecule is COC(=O)c1c(-c2cc(OC)c(OC)c(OC)c2)c2cc(OC)ccc2c(=O)n1-c1ccc(NC(=O)OC(C)(C)C)cc1. The van der Waals surface area contributed by atoms with E-state index in [0.717, 1.165) is 0 Å². The van der Waals surface area contributed by atoms with Crippen LogP contribution < -0.4 is 29.8 Å². The molecular formula is C32H34N2O9. The van der Waals surface area contributed by atoms with Gasteiger partial charge < -0.3 is 28.4 Å². The summed E-state index contributed by atoms with van der Waals surface area (Å²) in [5.41, 5.74) is 0.453. The molecule has 4 aromatic rings. The third-order valence-corrected chi connectivity index (χ3v) is 6.49. The first-order valence-corrected chi connectivity index (χ1v) is 13.2. The van der Waals surface area contributed by atoms with E-state index < -0.39 is 23.2 Å². The maximum atomic E-state index is 14.1. The molecule has 3 aromatic carbocycles. The molecule has 0 radical (unpaired) electrons. The highest BCUT2D eigenvalue weighted by molar-refractivity contribution is 6.08. The zero-order valence-corrected chi connectivity index (χ0v) is 25.3. The number of pyridine rings is 1. The summed E-state index contributed by atoms with van der Waals surface area (Å²) in [6.07, 6.45) is -0.628. The number of hydrogen-bond acceptors (Lipinski definition) is 9. The minimum absolute atomic E-state index is 0.0459. The van der Waals surface area contributed by atoms with Crippen LogP contribution in [0.5, 0.6) is 23.0 Å². The molecule has 0 fully saturated rings. The van der Waals surface area contributed by atoms with Gasteiger partial charge in [0.05, 0.1) is 35.5 Å². The molecule has 0 atom stereocenters. The van der Waals surface area contributed by atoms with E-state index in [9.17, 15) is 14.4 Å². The fourth-order valence-corrected chi connectivity index (χ4v) is 4.67. The number of amides is 1. The van der Waals surface area contributed by atoms with E-state index in [0.29, 0.717) is 56.3 Å². The number of nitrogens with zero attached hydrogens (tertiary/aromatic N) is 1. The fourth-order valence-electron chi connectivity index (χ4n) is 4.67. The average molecular weight is 591 g/mol. The molecule has 0 aliphatic heterocycles. The molecule has 1 aromatic heterocycles. The Kier molecular flexibility index (Phi) is 8.84. The molecule has 0 saturated carbocycles. The predicted molar refractivity (Wildman–Crippen MR) is 162 cm³/mol. The number of ether oxygens (including phenoxy) is 6. The van der Waals surface area contributed by atoms with Crippen molar-refractivity contribution in [2.45, 2.75) is 26.4 Å². The van der Waals surface area contributed by atoms with Gasteiger partial charge in [-0.3, -0.25) is 14.7 Å². The molecule has 0 aliphatic carbocycles. The number of anilines is 1. The van der Waals surface area contributed by atoms with Crippen LogP contribution in [0.2, 0.25) is 0 Å². The Morgan fingerprint density at radius 3 is 1.91 bits per heavy atom. The second-order valence-corrected chi connectivity index (χ2v) is 10.4. The summed E-state index contributed by atoms with van der Waals surface area (Å²) < 4.78 is 33.9. The maximum absolute atomic E-state index is 14.1. The number of fused-ring (bicyclic) bond motifs is 1. The second-order valence-electron chi connectivity index (χ2n) is 10.4. The smallest absolute Gasteiger partial charge is 0.412 e. The number of carbonyl (C=O) groups is 2. The predicted octanol–water partition coefficient (Wildman–Crippen LogP) is 5.83. The van der Waals surface area contributed by atoms with Crippen LogP contribution >= 0.6 is 0 Å². The normalized spacial score (nSPS) is 11.1. The molecule has 0 unspecified atom stereocenters. The van der Waals surface area contributed by atoms with Crippen molar-refractivity contribution in [1.29, 1.82) is 0 Å². The maximum Gasteiger partial charge on any atom is 0.412 e. The van der Waals surface area contributed by atoms with Crippen LogP contribution in [-0.4, -0.2) is 57.8 Å². The Labute approximate surface area is 248 Å². The number of rotatable bonds is 8. The van der Waals surface area contributed by atoms with Gasteiger partial charge in [-0.05, 0) is 80.9 Å². The quantitative estimate of drug-likeness (QED) is 0.253. The molecule has 1 amide bonds. The minimum atomic E-state index is -0.762. The molecule has 226 valence electrons. The van der Waals surface area contributed by atoms with Crippen molar-refractivity contribution >= 4 is 28.5 Å². The molecule has 11 nitrogen and oxygen atoms in total. The standard InChI is InChI=1S/C32H34N2O9/c1-32(2,3)43-31(37)33-19-9-11-20(12-10-19)34-27(30(36)42-8)26(23-17-21(38-4)13-14-22(23)29(34)35)18-15-24(39-5)28(41-7)25(16-18)40-6/h9-17H,1-8H3,(H,33,37). The molecule has 11 heteroatoms. The zero-order chi connectivity index (χ0) is 31.5. The van der Waals surface area contributed by atoms with Gasteiger partial charge in [0.15, 0.2) is 11.5 Å². The van der Waals surface area contributed by atoms with Gasteiger partial charge >= 0.3 is 12.1 Å². The van der Waals surface area contributed by atoms with Crippen LogP contribution in [0.4, 0.5) is 10.5 Å². The van der Waals surface area contributed by atoms with Gasteiger partial charge in [0.1, 0.15) is 17.0 Å². The van der Waals surface area contributed by atoms with E-state index in [2.05, 4.69) is 5.32 Å². The van der Waals surface area contributed by atoms with E-state index in [1.807, 2.05) is 0 Å². The van der Waals surface area contributed by atoms with Gasteiger partial charge in [-0.1, -0.05) is 0 Å². The largest absolute Gasteiger partial charge is 0.497 e. The lowest BCUT2D eigenvalue weighted by molar-refractivity contribution is 0.0589. The van der Waals surface area contributed by atoms with Crippen LogP contribution in [0, 0.1) is 0 Å². The molecule has 4 rings (SSSR count). The highest BCUT2D eigenvalue weighted by Gasteiger charge is 2.27. The molecule has 1 heterocycles. The summed E-state index contributed by atoms with van der Waals surface area (Å²) in [6.45, 7) is 5.28. The van der Waals surface area contributed by atoms with Crippen molar-refractivity contribution < 1.29 is 38.0 Å². The molecule has 1 N–H and O–H groups in total. The molecule has 0 bridgehead atoms. The average Bonchev–Trinajstić information content (AvgIpc) is 2.98. The van der Waals surface area contributed by atoms with Gasteiger partial charge in [-0.25, -0.2) is 9.59 Å². The monoisotopic (exact) mass is 590 g/mol. The van der Waals surface area contributed by atoms with Gasteiger partial charge in [-0.2, -0.15) is 0 Å². The van der Waals surface area contributed by atoms with E-state index in [4.69, 9.17) is 28.4 Å². The molecular weight excluding hydrogens is 556 g/mol. The third-order valence-electron chi connectivity index (χ3n) is 6.49. The molecule has 0 spiro atoms. The summed E-state index contributed by atoms with van der Waals surface area (Å²) in [6, 6.07) is 14.8. The highest BCUT2D eigenvalue weighted by Crippen LogP contribution is 2.44. The number of benzene rings is 3. The lowest BCUT2D eigenvalue weighted by Crippen LogP contribution is -2.27. The van der Waals surface area contributed by atoms with Gasteiger partial charge in [0.2, 0.25) is 5.75 Å². The molecule has 0 saturated heterocycles. The number of aromatic nitrogens is 1. The third kappa shape index (κ3) is 6.20. The van der Waals surface area contributed by atoms with Crippen molar-refractivity contribution in [3.8, 4) is 39.8 Å². The Hall–Kier alpha value is -5.19. The van der Waals surface area contributed by atoms with Crippen LogP contribution in [-0.2, 0) is 9.47 Å². The summed E-state index contributed by atoms with van der Waals surface area (Å²) in [5, 5.41) is 3.42. The number of esters is 1. The van der Waals surface area contributed by atoms with Crippen molar-refractivity contribution in [2.75, 3.05) is 40.9 Å². The topological polar surface area (TPSA) is 124 Å². The summed E-state index contributed by atoms with van der Waals surface area (Å²) in [5.74, 6) is 0.767. The minimum Gasteiger partial charge on any atom is -0.497 e. The Morgan fingerprint density at radius 1 is 0.767 bits per heavy atom. The number of carbonyl (C=O) groups excluding carboxylic acids is 2. The van der Waals surface area contributed by atoms with Gasteiger partial charge in [0.25, 0.3) is 5.56 Å². The Balaban J connectivity index is 2.05. The van der Waals surface area contributed by atoms with E-state index in [1.165, 1.54) is 40.1 Å². The molecule has 43 heavy (non-hydrogen) atoms.